The van der Waals surface area contributed by atoms with Crippen LogP contribution in [0.15, 0.2) is 0 Å². The van der Waals surface area contributed by atoms with Gasteiger partial charge in [0.15, 0.2) is 0 Å². The quantitative estimate of drug-likeness (QED) is 0.246. The van der Waals surface area contributed by atoms with E-state index in [0.717, 1.165) is 19.3 Å². The Balaban J connectivity index is -0.0000000230. The first-order valence-electron chi connectivity index (χ1n) is 5.57. The van der Waals surface area contributed by atoms with E-state index in [0.29, 0.717) is 0 Å². The van der Waals surface area contributed by atoms with Gasteiger partial charge in [0, 0.05) is 0 Å². The average molecular weight is 319 g/mol. The van der Waals surface area contributed by atoms with E-state index >= 15 is 0 Å². The number of hydrogen-bond donors (Lipinski definition) is 1. The third kappa shape index (κ3) is 256. The van der Waals surface area contributed by atoms with Gasteiger partial charge in [-0.05, 0) is 0 Å². The monoisotopic (exact) mass is 319 g/mol. The smallest absolute Gasteiger partial charge is 0.343 e. The average Bonchev–Trinajstić information content (AvgIpc) is 2.30. The molecule has 0 spiro atoms. The van der Waals surface area contributed by atoms with E-state index in [9.17, 15) is 0 Å². The number of thiocyanates is 1. The molecule has 0 aliphatic rings. The molecule has 1 nitrogen and oxygen atoms in total. The number of hydrogen-bond acceptors (Lipinski definition) is 2. The SMILES string of the molecule is N#CS.P.[CH2-]CCC.[CH2-]CCC.[CH2-]CCC.[Mn+3]. The third-order valence-corrected chi connectivity index (χ3v) is 1.06. The van der Waals surface area contributed by atoms with Crippen molar-refractivity contribution in [3.63, 3.8) is 0 Å². The van der Waals surface area contributed by atoms with Gasteiger partial charge in [-0.25, -0.2) is 0 Å². The van der Waals surface area contributed by atoms with Gasteiger partial charge in [0.2, 0.25) is 0 Å². The minimum atomic E-state index is 0. The van der Waals surface area contributed by atoms with Gasteiger partial charge in [-0.2, -0.15) is 34.4 Å². The fraction of sp³-hybridized carbons (Fsp3) is 0.692. The number of rotatable bonds is 3. The van der Waals surface area contributed by atoms with Crippen LogP contribution in [0.2, 0.25) is 0 Å². The maximum absolute atomic E-state index is 7.18. The van der Waals surface area contributed by atoms with Crippen LogP contribution in [0.3, 0.4) is 0 Å². The molecule has 0 aromatic rings. The van der Waals surface area contributed by atoms with Crippen molar-refractivity contribution in [1.29, 1.82) is 5.26 Å². The van der Waals surface area contributed by atoms with Gasteiger partial charge in [0.05, 0.1) is 0 Å². The largest absolute Gasteiger partial charge is 3.00 e. The Morgan fingerprint density at radius 2 is 0.941 bits per heavy atom. The van der Waals surface area contributed by atoms with E-state index in [1.807, 2.05) is 0 Å². The fourth-order valence-electron chi connectivity index (χ4n) is 0. The predicted octanol–water partition coefficient (Wildman–Crippen LogP) is 5.31. The van der Waals surface area contributed by atoms with Crippen molar-refractivity contribution in [1.82, 2.24) is 0 Å². The van der Waals surface area contributed by atoms with Crippen molar-refractivity contribution in [3.05, 3.63) is 20.8 Å². The standard InChI is InChI=1S/3C4H9.CHNS.Mn.H3P/c3*1-3-4-2;2-1-3;;/h3*1,3-4H2,2H3;3H;;1H3/q3*-1;;+3;. The zero-order chi connectivity index (χ0) is 12.9. The second-order valence-electron chi connectivity index (χ2n) is 2.66. The molecule has 0 aliphatic heterocycles. The summed E-state index contributed by atoms with van der Waals surface area (Å²) in [5.74, 6) is 0. The first-order chi connectivity index (χ1) is 7.16. The van der Waals surface area contributed by atoms with E-state index in [1.165, 1.54) is 24.7 Å². The molecule has 0 saturated carbocycles. The van der Waals surface area contributed by atoms with Gasteiger partial charge in [-0.3, -0.25) is 0 Å². The van der Waals surface area contributed by atoms with Gasteiger partial charge in [0.1, 0.15) is 5.40 Å². The molecule has 0 heterocycles. The molecule has 0 rings (SSSR count). The molecule has 0 fully saturated rings. The number of nitrogens with zero attached hydrogens (tertiary/aromatic N) is 1. The third-order valence-electron chi connectivity index (χ3n) is 1.06. The second kappa shape index (κ2) is 69.0. The van der Waals surface area contributed by atoms with Crippen LogP contribution in [0.1, 0.15) is 59.3 Å². The molecule has 0 aromatic heterocycles. The normalized spacial score (nSPS) is 5.76. The molecule has 0 N–H and O–H groups in total. The molecule has 1 unspecified atom stereocenters. The Hall–Kier alpha value is 0.789. The number of unbranched alkanes of at least 4 members (excludes halogenated alkanes) is 3. The summed E-state index contributed by atoms with van der Waals surface area (Å²) in [6.07, 6.45) is 6.83. The summed E-state index contributed by atoms with van der Waals surface area (Å²) in [5, 5.41) is 8.63. The van der Waals surface area contributed by atoms with E-state index in [4.69, 9.17) is 5.26 Å². The minimum absolute atomic E-state index is 0. The van der Waals surface area contributed by atoms with Crippen molar-refractivity contribution < 1.29 is 17.1 Å². The Labute approximate surface area is 130 Å². The van der Waals surface area contributed by atoms with Crippen molar-refractivity contribution in [2.45, 2.75) is 59.3 Å². The van der Waals surface area contributed by atoms with Crippen LogP contribution >= 0.6 is 22.5 Å². The molecular weight excluding hydrogens is 288 g/mol. The molecule has 0 radical (unpaired) electrons. The molecular formula is C13H31MnNPS. The molecule has 0 bridgehead atoms. The van der Waals surface area contributed by atoms with Crippen LogP contribution in [-0.4, -0.2) is 0 Å². The summed E-state index contributed by atoms with van der Waals surface area (Å²) in [4.78, 5) is 0. The van der Waals surface area contributed by atoms with Gasteiger partial charge < -0.3 is 20.8 Å². The predicted molar refractivity (Wildman–Crippen MR) is 86.5 cm³/mol. The molecule has 1 atom stereocenters. The molecule has 106 valence electrons. The first-order valence-corrected chi connectivity index (χ1v) is 6.02. The van der Waals surface area contributed by atoms with Crippen molar-refractivity contribution in [2.24, 2.45) is 0 Å². The summed E-state index contributed by atoms with van der Waals surface area (Å²) in [6, 6.07) is 0. The minimum Gasteiger partial charge on any atom is -0.343 e. The Kier molecular flexibility index (Phi) is 146. The Morgan fingerprint density at radius 1 is 0.882 bits per heavy atom. The van der Waals surface area contributed by atoms with Crippen LogP contribution < -0.4 is 0 Å². The molecule has 0 aliphatic carbocycles. The van der Waals surface area contributed by atoms with E-state index in [-0.39, 0.29) is 27.0 Å². The molecule has 0 amide bonds. The summed E-state index contributed by atoms with van der Waals surface area (Å²) < 4.78 is 0. The molecule has 4 heteroatoms. The zero-order valence-electron chi connectivity index (χ0n) is 11.8. The van der Waals surface area contributed by atoms with Crippen LogP contribution in [0, 0.1) is 31.4 Å². The van der Waals surface area contributed by atoms with Crippen LogP contribution in [0.5, 0.6) is 0 Å². The summed E-state index contributed by atoms with van der Waals surface area (Å²) in [5.41, 5.74) is 0. The van der Waals surface area contributed by atoms with E-state index < -0.39 is 0 Å². The maximum atomic E-state index is 7.18. The number of thiol groups is 1. The number of nitriles is 1. The Morgan fingerprint density at radius 3 is 0.941 bits per heavy atom. The van der Waals surface area contributed by atoms with Crippen molar-refractivity contribution in [3.8, 4) is 5.40 Å². The topological polar surface area (TPSA) is 23.8 Å². The van der Waals surface area contributed by atoms with Crippen LogP contribution in [0.4, 0.5) is 0 Å². The second-order valence-corrected chi connectivity index (χ2v) is 2.86. The van der Waals surface area contributed by atoms with Gasteiger partial charge in [-0.15, -0.1) is 0 Å². The van der Waals surface area contributed by atoms with Crippen molar-refractivity contribution in [2.75, 3.05) is 0 Å². The van der Waals surface area contributed by atoms with Gasteiger partial charge in [0.25, 0.3) is 0 Å². The zero-order valence-corrected chi connectivity index (χ0v) is 15.3. The summed E-state index contributed by atoms with van der Waals surface area (Å²) in [7, 11) is 0. The van der Waals surface area contributed by atoms with E-state index in [1.54, 1.807) is 0 Å². The molecule has 17 heavy (non-hydrogen) atoms. The Bertz CT molecular complexity index is 82.4. The van der Waals surface area contributed by atoms with Gasteiger partial charge in [-0.1, -0.05) is 52.7 Å². The molecule has 0 saturated heterocycles. The maximum Gasteiger partial charge on any atom is 3.00 e. The molecule has 0 aromatic carbocycles. The van der Waals surface area contributed by atoms with Crippen molar-refractivity contribution >= 4 is 22.5 Å². The van der Waals surface area contributed by atoms with Gasteiger partial charge >= 0.3 is 17.1 Å². The van der Waals surface area contributed by atoms with E-state index in [2.05, 4.69) is 54.2 Å². The first kappa shape index (κ1) is 36.1. The van der Waals surface area contributed by atoms with Crippen LogP contribution in [-0.2, 0) is 17.1 Å². The fourth-order valence-corrected chi connectivity index (χ4v) is 0. The van der Waals surface area contributed by atoms with Crippen LogP contribution in [0.25, 0.3) is 0 Å². The summed E-state index contributed by atoms with van der Waals surface area (Å²) >= 11 is 3.09. The summed E-state index contributed by atoms with van der Waals surface area (Å²) in [6.45, 7) is 17.2.